The second kappa shape index (κ2) is 5.74. The Balaban J connectivity index is 2.43. The first kappa shape index (κ1) is 15.3. The SMILES string of the molecule is O=C(O)c1nc(S(=O)(=O)Cc2ccccc2F)ncc1Cl. The fraction of sp³-hybridized carbons (Fsp3) is 0.0833. The van der Waals surface area contributed by atoms with Crippen LogP contribution in [0.1, 0.15) is 16.1 Å². The van der Waals surface area contributed by atoms with Gasteiger partial charge in [-0.1, -0.05) is 29.8 Å². The Hall–Kier alpha value is -2.06. The van der Waals surface area contributed by atoms with Gasteiger partial charge in [0.1, 0.15) is 5.82 Å². The molecule has 1 heterocycles. The second-order valence-electron chi connectivity index (χ2n) is 4.00. The van der Waals surface area contributed by atoms with Gasteiger partial charge in [0.2, 0.25) is 15.0 Å². The normalized spacial score (nSPS) is 11.3. The highest BCUT2D eigenvalue weighted by atomic mass is 35.5. The fourth-order valence-electron chi connectivity index (χ4n) is 1.54. The van der Waals surface area contributed by atoms with Crippen LogP contribution in [0.3, 0.4) is 0 Å². The van der Waals surface area contributed by atoms with Crippen LogP contribution >= 0.6 is 11.6 Å². The summed E-state index contributed by atoms with van der Waals surface area (Å²) in [6.07, 6.45) is 0.881. The molecular formula is C12H8ClFN2O4S. The third-order valence-electron chi connectivity index (χ3n) is 2.51. The zero-order valence-corrected chi connectivity index (χ0v) is 11.9. The van der Waals surface area contributed by atoms with E-state index in [0.717, 1.165) is 12.3 Å². The summed E-state index contributed by atoms with van der Waals surface area (Å²) < 4.78 is 37.7. The molecule has 1 aromatic heterocycles. The smallest absolute Gasteiger partial charge is 0.356 e. The number of carboxylic acids is 1. The van der Waals surface area contributed by atoms with Crippen molar-refractivity contribution in [1.82, 2.24) is 9.97 Å². The number of aromatic carboxylic acids is 1. The van der Waals surface area contributed by atoms with Gasteiger partial charge in [-0.3, -0.25) is 0 Å². The van der Waals surface area contributed by atoms with E-state index in [4.69, 9.17) is 16.7 Å². The monoisotopic (exact) mass is 330 g/mol. The van der Waals surface area contributed by atoms with Crippen molar-refractivity contribution in [2.75, 3.05) is 0 Å². The maximum absolute atomic E-state index is 13.5. The minimum Gasteiger partial charge on any atom is -0.476 e. The van der Waals surface area contributed by atoms with Crippen molar-refractivity contribution >= 4 is 27.4 Å². The molecule has 9 heteroatoms. The van der Waals surface area contributed by atoms with Gasteiger partial charge < -0.3 is 5.11 Å². The molecule has 1 aromatic carbocycles. The van der Waals surface area contributed by atoms with E-state index in [0.29, 0.717) is 0 Å². The molecule has 0 aliphatic heterocycles. The highest BCUT2D eigenvalue weighted by molar-refractivity contribution is 7.90. The van der Waals surface area contributed by atoms with Gasteiger partial charge in [0.15, 0.2) is 5.69 Å². The van der Waals surface area contributed by atoms with Crippen LogP contribution in [0.5, 0.6) is 0 Å². The van der Waals surface area contributed by atoms with E-state index < -0.39 is 38.2 Å². The van der Waals surface area contributed by atoms with E-state index in [1.54, 1.807) is 0 Å². The molecule has 2 aromatic rings. The predicted octanol–water partition coefficient (Wildman–Crippen LogP) is 1.94. The first-order valence-corrected chi connectivity index (χ1v) is 7.56. The lowest BCUT2D eigenvalue weighted by atomic mass is 10.2. The Kier molecular flexibility index (Phi) is 4.19. The lowest BCUT2D eigenvalue weighted by Gasteiger charge is -2.05. The number of sulfone groups is 1. The Bertz CT molecular complexity index is 811. The third-order valence-corrected chi connectivity index (χ3v) is 4.23. The molecule has 0 aliphatic rings. The molecule has 0 radical (unpaired) electrons. The predicted molar refractivity (Wildman–Crippen MR) is 71.3 cm³/mol. The number of benzene rings is 1. The number of hydrogen-bond acceptors (Lipinski definition) is 5. The number of halogens is 2. The van der Waals surface area contributed by atoms with Crippen molar-refractivity contribution < 1.29 is 22.7 Å². The van der Waals surface area contributed by atoms with Crippen molar-refractivity contribution in [2.24, 2.45) is 0 Å². The molecule has 0 unspecified atom stereocenters. The van der Waals surface area contributed by atoms with Crippen LogP contribution in [0.15, 0.2) is 35.6 Å². The van der Waals surface area contributed by atoms with E-state index >= 15 is 0 Å². The topological polar surface area (TPSA) is 97.2 Å². The molecule has 110 valence electrons. The van der Waals surface area contributed by atoms with Crippen LogP contribution in [0.25, 0.3) is 0 Å². The third kappa shape index (κ3) is 3.34. The van der Waals surface area contributed by atoms with Crippen LogP contribution in [0.2, 0.25) is 5.02 Å². The van der Waals surface area contributed by atoms with Gasteiger partial charge in [-0.25, -0.2) is 27.6 Å². The Labute approximate surface area is 124 Å². The first-order chi connectivity index (χ1) is 9.81. The van der Waals surface area contributed by atoms with Gasteiger partial charge in [0.05, 0.1) is 17.0 Å². The van der Waals surface area contributed by atoms with Crippen LogP contribution in [-0.4, -0.2) is 29.5 Å². The molecule has 6 nitrogen and oxygen atoms in total. The standard InChI is InChI=1S/C12H8ClFN2O4S/c13-8-5-15-12(16-10(8)11(17)18)21(19,20)6-7-3-1-2-4-9(7)14/h1-5H,6H2,(H,17,18). The minimum absolute atomic E-state index is 0.0621. The van der Waals surface area contributed by atoms with Crippen molar-refractivity contribution in [3.8, 4) is 0 Å². The van der Waals surface area contributed by atoms with Crippen LogP contribution in [-0.2, 0) is 15.6 Å². The Morgan fingerprint density at radius 3 is 2.62 bits per heavy atom. The van der Waals surface area contributed by atoms with Crippen molar-refractivity contribution in [3.63, 3.8) is 0 Å². The zero-order valence-electron chi connectivity index (χ0n) is 10.3. The van der Waals surface area contributed by atoms with Crippen LogP contribution in [0.4, 0.5) is 4.39 Å². The van der Waals surface area contributed by atoms with Gasteiger partial charge in [-0.05, 0) is 6.07 Å². The average molecular weight is 331 g/mol. The number of carbonyl (C=O) groups is 1. The van der Waals surface area contributed by atoms with Crippen LogP contribution < -0.4 is 0 Å². The molecule has 0 amide bonds. The van der Waals surface area contributed by atoms with Crippen LogP contribution in [0, 0.1) is 5.82 Å². The molecule has 0 saturated carbocycles. The molecule has 0 atom stereocenters. The van der Waals surface area contributed by atoms with Gasteiger partial charge in [-0.2, -0.15) is 0 Å². The molecule has 0 saturated heterocycles. The Morgan fingerprint density at radius 2 is 2.00 bits per heavy atom. The van der Waals surface area contributed by atoms with E-state index in [2.05, 4.69) is 9.97 Å². The average Bonchev–Trinajstić information content (AvgIpc) is 2.41. The van der Waals surface area contributed by atoms with E-state index in [1.165, 1.54) is 18.2 Å². The molecule has 21 heavy (non-hydrogen) atoms. The van der Waals surface area contributed by atoms with Gasteiger partial charge >= 0.3 is 5.97 Å². The first-order valence-electron chi connectivity index (χ1n) is 5.53. The highest BCUT2D eigenvalue weighted by Crippen LogP contribution is 2.18. The number of aromatic nitrogens is 2. The quantitative estimate of drug-likeness (QED) is 0.860. The van der Waals surface area contributed by atoms with Gasteiger partial charge in [0, 0.05) is 5.56 Å². The summed E-state index contributed by atoms with van der Waals surface area (Å²) in [5.74, 6) is -2.85. The lowest BCUT2D eigenvalue weighted by Crippen LogP contribution is -2.13. The molecule has 0 fully saturated rings. The van der Waals surface area contributed by atoms with Gasteiger partial charge in [0.25, 0.3) is 0 Å². The highest BCUT2D eigenvalue weighted by Gasteiger charge is 2.23. The largest absolute Gasteiger partial charge is 0.476 e. The summed E-state index contributed by atoms with van der Waals surface area (Å²) in [5, 5.41) is 7.86. The zero-order chi connectivity index (χ0) is 15.6. The minimum atomic E-state index is -4.09. The van der Waals surface area contributed by atoms with Crippen molar-refractivity contribution in [2.45, 2.75) is 10.9 Å². The molecule has 1 N–H and O–H groups in total. The maximum Gasteiger partial charge on any atom is 0.356 e. The fourth-order valence-corrected chi connectivity index (χ4v) is 2.92. The summed E-state index contributed by atoms with van der Waals surface area (Å²) >= 11 is 5.57. The number of rotatable bonds is 4. The summed E-state index contributed by atoms with van der Waals surface area (Å²) in [4.78, 5) is 17.8. The summed E-state index contributed by atoms with van der Waals surface area (Å²) in [7, 11) is -4.09. The van der Waals surface area contributed by atoms with Crippen molar-refractivity contribution in [1.29, 1.82) is 0 Å². The van der Waals surface area contributed by atoms with E-state index in [1.807, 2.05) is 0 Å². The number of nitrogens with zero attached hydrogens (tertiary/aromatic N) is 2. The van der Waals surface area contributed by atoms with E-state index in [-0.39, 0.29) is 10.6 Å². The molecule has 0 spiro atoms. The summed E-state index contributed by atoms with van der Waals surface area (Å²) in [6, 6.07) is 5.34. The number of carboxylic acid groups (broad SMARTS) is 1. The van der Waals surface area contributed by atoms with Crippen molar-refractivity contribution in [3.05, 3.63) is 52.6 Å². The Morgan fingerprint density at radius 1 is 1.33 bits per heavy atom. The summed E-state index contributed by atoms with van der Waals surface area (Å²) in [6.45, 7) is 0. The maximum atomic E-state index is 13.5. The molecular weight excluding hydrogens is 323 g/mol. The molecule has 2 rings (SSSR count). The molecule has 0 bridgehead atoms. The summed E-state index contributed by atoms with van der Waals surface area (Å²) in [5.41, 5.74) is -0.688. The lowest BCUT2D eigenvalue weighted by molar-refractivity contribution is 0.0689. The van der Waals surface area contributed by atoms with Gasteiger partial charge in [-0.15, -0.1) is 0 Å². The second-order valence-corrected chi connectivity index (χ2v) is 6.30. The number of hydrogen-bond donors (Lipinski definition) is 1. The van der Waals surface area contributed by atoms with E-state index in [9.17, 15) is 17.6 Å². The molecule has 0 aliphatic carbocycles.